The molecule has 0 aromatic heterocycles. The van der Waals surface area contributed by atoms with Crippen molar-refractivity contribution in [1.82, 2.24) is 10.6 Å². The van der Waals surface area contributed by atoms with Crippen LogP contribution in [0.5, 0.6) is 0 Å². The molecule has 1 unspecified atom stereocenters. The summed E-state index contributed by atoms with van der Waals surface area (Å²) in [6, 6.07) is 12.5. The summed E-state index contributed by atoms with van der Waals surface area (Å²) < 4.78 is 27.3. The van der Waals surface area contributed by atoms with Crippen molar-refractivity contribution in [2.75, 3.05) is 17.8 Å². The van der Waals surface area contributed by atoms with Gasteiger partial charge in [0, 0.05) is 28.9 Å². The largest absolute Gasteiger partial charge is 0.350 e. The molecule has 1 fully saturated rings. The van der Waals surface area contributed by atoms with E-state index in [0.717, 1.165) is 19.4 Å². The standard InChI is InChI=1S/C18H20ClN3O3S/c19-14-5-7-15(8-6-14)22-26(24,25)17-9-3-13(4-10-17)18(23)21-12-16-2-1-11-20-16/h3-10,16,20,22H,1-2,11-12H2,(H,21,23). The summed E-state index contributed by atoms with van der Waals surface area (Å²) in [6.07, 6.45) is 2.17. The van der Waals surface area contributed by atoms with E-state index in [2.05, 4.69) is 15.4 Å². The number of hydrogen-bond donors (Lipinski definition) is 3. The van der Waals surface area contributed by atoms with Crippen LogP contribution in [-0.4, -0.2) is 33.5 Å². The zero-order valence-electron chi connectivity index (χ0n) is 14.0. The van der Waals surface area contributed by atoms with E-state index in [1.807, 2.05) is 0 Å². The van der Waals surface area contributed by atoms with Gasteiger partial charge in [0.25, 0.3) is 15.9 Å². The Labute approximate surface area is 158 Å². The van der Waals surface area contributed by atoms with Crippen LogP contribution in [0, 0.1) is 0 Å². The van der Waals surface area contributed by atoms with Gasteiger partial charge in [-0.15, -0.1) is 0 Å². The van der Waals surface area contributed by atoms with Gasteiger partial charge in [-0.3, -0.25) is 9.52 Å². The first kappa shape index (κ1) is 18.7. The molecular weight excluding hydrogens is 374 g/mol. The molecule has 0 spiro atoms. The second-order valence-corrected chi connectivity index (χ2v) is 8.26. The van der Waals surface area contributed by atoms with Crippen molar-refractivity contribution in [1.29, 1.82) is 0 Å². The number of nitrogens with one attached hydrogen (secondary N) is 3. The van der Waals surface area contributed by atoms with Gasteiger partial charge in [-0.25, -0.2) is 8.42 Å². The number of benzene rings is 2. The average Bonchev–Trinajstić information content (AvgIpc) is 3.15. The fourth-order valence-electron chi connectivity index (χ4n) is 2.77. The maximum absolute atomic E-state index is 12.4. The van der Waals surface area contributed by atoms with Crippen LogP contribution >= 0.6 is 11.6 Å². The summed E-state index contributed by atoms with van der Waals surface area (Å²) >= 11 is 5.80. The van der Waals surface area contributed by atoms with Crippen LogP contribution in [0.3, 0.4) is 0 Å². The van der Waals surface area contributed by atoms with Crippen molar-refractivity contribution in [3.8, 4) is 0 Å². The van der Waals surface area contributed by atoms with Crippen molar-refractivity contribution in [2.45, 2.75) is 23.8 Å². The lowest BCUT2D eigenvalue weighted by Crippen LogP contribution is -2.37. The van der Waals surface area contributed by atoms with Crippen LogP contribution < -0.4 is 15.4 Å². The third kappa shape index (κ3) is 4.75. The van der Waals surface area contributed by atoms with Crippen molar-refractivity contribution < 1.29 is 13.2 Å². The molecule has 2 aromatic carbocycles. The smallest absolute Gasteiger partial charge is 0.261 e. The van der Waals surface area contributed by atoms with E-state index in [0.29, 0.717) is 28.9 Å². The molecular formula is C18H20ClN3O3S. The molecule has 3 N–H and O–H groups in total. The monoisotopic (exact) mass is 393 g/mol. The Balaban J connectivity index is 1.63. The molecule has 1 amide bonds. The molecule has 6 nitrogen and oxygen atoms in total. The Bertz CT molecular complexity index is 862. The lowest BCUT2D eigenvalue weighted by Gasteiger charge is -2.12. The van der Waals surface area contributed by atoms with Gasteiger partial charge in [0.2, 0.25) is 0 Å². The van der Waals surface area contributed by atoms with Crippen molar-refractivity contribution >= 4 is 33.2 Å². The molecule has 1 atom stereocenters. The lowest BCUT2D eigenvalue weighted by molar-refractivity contribution is 0.0950. The summed E-state index contributed by atoms with van der Waals surface area (Å²) in [7, 11) is -3.73. The number of carbonyl (C=O) groups is 1. The number of anilines is 1. The SMILES string of the molecule is O=C(NCC1CCCN1)c1ccc(S(=O)(=O)Nc2ccc(Cl)cc2)cc1. The highest BCUT2D eigenvalue weighted by molar-refractivity contribution is 7.92. The van der Waals surface area contributed by atoms with Gasteiger partial charge >= 0.3 is 0 Å². The van der Waals surface area contributed by atoms with E-state index in [4.69, 9.17) is 11.6 Å². The minimum Gasteiger partial charge on any atom is -0.350 e. The first-order chi connectivity index (χ1) is 12.4. The molecule has 138 valence electrons. The molecule has 1 aliphatic rings. The fraction of sp³-hybridized carbons (Fsp3) is 0.278. The van der Waals surface area contributed by atoms with Crippen LogP contribution in [0.25, 0.3) is 0 Å². The zero-order chi connectivity index (χ0) is 18.6. The summed E-state index contributed by atoms with van der Waals surface area (Å²) in [5.74, 6) is -0.215. The summed E-state index contributed by atoms with van der Waals surface area (Å²) in [4.78, 5) is 12.3. The Hall–Kier alpha value is -2.09. The van der Waals surface area contributed by atoms with Gasteiger partial charge in [-0.05, 0) is 67.9 Å². The number of halogens is 1. The third-order valence-corrected chi connectivity index (χ3v) is 5.84. The van der Waals surface area contributed by atoms with Crippen molar-refractivity contribution in [2.24, 2.45) is 0 Å². The Kier molecular flexibility index (Phi) is 5.80. The minimum atomic E-state index is -3.73. The molecule has 0 saturated carbocycles. The summed E-state index contributed by atoms with van der Waals surface area (Å²) in [5.41, 5.74) is 0.841. The zero-order valence-corrected chi connectivity index (χ0v) is 15.6. The highest BCUT2D eigenvalue weighted by Crippen LogP contribution is 2.19. The van der Waals surface area contributed by atoms with Gasteiger partial charge in [-0.2, -0.15) is 0 Å². The van der Waals surface area contributed by atoms with Crippen LogP contribution in [0.15, 0.2) is 53.4 Å². The third-order valence-electron chi connectivity index (χ3n) is 4.19. The fourth-order valence-corrected chi connectivity index (χ4v) is 3.95. The summed E-state index contributed by atoms with van der Waals surface area (Å²) in [5, 5.41) is 6.70. The van der Waals surface area contributed by atoms with Crippen LogP contribution in [0.1, 0.15) is 23.2 Å². The molecule has 0 aliphatic carbocycles. The molecule has 3 rings (SSSR count). The van der Waals surface area contributed by atoms with Crippen LogP contribution in [0.2, 0.25) is 5.02 Å². The quantitative estimate of drug-likeness (QED) is 0.704. The maximum Gasteiger partial charge on any atom is 0.261 e. The van der Waals surface area contributed by atoms with E-state index < -0.39 is 10.0 Å². The predicted octanol–water partition coefficient (Wildman–Crippen LogP) is 2.62. The lowest BCUT2D eigenvalue weighted by atomic mass is 10.2. The highest BCUT2D eigenvalue weighted by atomic mass is 35.5. The Morgan fingerprint density at radius 3 is 2.42 bits per heavy atom. The summed E-state index contributed by atoms with van der Waals surface area (Å²) in [6.45, 7) is 1.55. The molecule has 2 aromatic rings. The number of sulfonamides is 1. The molecule has 8 heteroatoms. The van der Waals surface area contributed by atoms with E-state index in [9.17, 15) is 13.2 Å². The normalized spacial score (nSPS) is 17.0. The van der Waals surface area contributed by atoms with Gasteiger partial charge in [0.15, 0.2) is 0 Å². The Morgan fingerprint density at radius 1 is 1.12 bits per heavy atom. The van der Waals surface area contributed by atoms with E-state index in [1.165, 1.54) is 24.3 Å². The van der Waals surface area contributed by atoms with Crippen LogP contribution in [0.4, 0.5) is 5.69 Å². The van der Waals surface area contributed by atoms with Gasteiger partial charge < -0.3 is 10.6 Å². The van der Waals surface area contributed by atoms with E-state index in [1.54, 1.807) is 24.3 Å². The molecule has 0 radical (unpaired) electrons. The second-order valence-electron chi connectivity index (χ2n) is 6.14. The first-order valence-corrected chi connectivity index (χ1v) is 10.2. The number of amides is 1. The minimum absolute atomic E-state index is 0.0847. The molecule has 1 aliphatic heterocycles. The number of carbonyl (C=O) groups excluding carboxylic acids is 1. The average molecular weight is 394 g/mol. The molecule has 1 saturated heterocycles. The number of hydrogen-bond acceptors (Lipinski definition) is 4. The van der Waals surface area contributed by atoms with Crippen molar-refractivity contribution in [3.05, 3.63) is 59.1 Å². The van der Waals surface area contributed by atoms with Crippen molar-refractivity contribution in [3.63, 3.8) is 0 Å². The van der Waals surface area contributed by atoms with Gasteiger partial charge in [0.1, 0.15) is 0 Å². The molecule has 1 heterocycles. The predicted molar refractivity (Wildman–Crippen MR) is 102 cm³/mol. The topological polar surface area (TPSA) is 87.3 Å². The Morgan fingerprint density at radius 2 is 1.81 bits per heavy atom. The van der Waals surface area contributed by atoms with Gasteiger partial charge in [-0.1, -0.05) is 11.6 Å². The maximum atomic E-state index is 12.4. The highest BCUT2D eigenvalue weighted by Gasteiger charge is 2.17. The molecule has 26 heavy (non-hydrogen) atoms. The second kappa shape index (κ2) is 8.07. The van der Waals surface area contributed by atoms with E-state index >= 15 is 0 Å². The first-order valence-electron chi connectivity index (χ1n) is 8.34. The van der Waals surface area contributed by atoms with Gasteiger partial charge in [0.05, 0.1) is 4.90 Å². The molecule has 0 bridgehead atoms. The number of rotatable bonds is 6. The van der Waals surface area contributed by atoms with Crippen LogP contribution in [-0.2, 0) is 10.0 Å². The van der Waals surface area contributed by atoms with E-state index in [-0.39, 0.29) is 10.8 Å².